The van der Waals surface area contributed by atoms with Crippen LogP contribution in [0.1, 0.15) is 53.1 Å². The highest BCUT2D eigenvalue weighted by atomic mass is 16.5. The predicted octanol–water partition coefficient (Wildman–Crippen LogP) is 4.08. The summed E-state index contributed by atoms with van der Waals surface area (Å²) in [6, 6.07) is 14.8. The van der Waals surface area contributed by atoms with Gasteiger partial charge >= 0.3 is 0 Å². The Morgan fingerprint density at radius 3 is 2.59 bits per heavy atom. The van der Waals surface area contributed by atoms with Crippen molar-refractivity contribution in [3.05, 3.63) is 81.2 Å². The topological polar surface area (TPSA) is 59.8 Å². The lowest BCUT2D eigenvalue weighted by Crippen LogP contribution is -2.36. The summed E-state index contributed by atoms with van der Waals surface area (Å²) in [7, 11) is 0. The van der Waals surface area contributed by atoms with Crippen LogP contribution < -0.4 is 5.43 Å². The second kappa shape index (κ2) is 7.16. The lowest BCUT2D eigenvalue weighted by atomic mass is 9.97. The number of hydrogen-bond donors (Lipinski definition) is 0. The molecule has 0 radical (unpaired) electrons. The summed E-state index contributed by atoms with van der Waals surface area (Å²) in [6.07, 6.45) is 2.85. The van der Waals surface area contributed by atoms with E-state index < -0.39 is 6.04 Å². The maximum atomic E-state index is 13.4. The number of para-hydroxylation sites is 1. The first kappa shape index (κ1) is 18.1. The zero-order chi connectivity index (χ0) is 20.0. The first-order valence-electron chi connectivity index (χ1n) is 10.2. The third kappa shape index (κ3) is 2.97. The Kier molecular flexibility index (Phi) is 4.47. The highest BCUT2D eigenvalue weighted by Crippen LogP contribution is 2.39. The minimum atomic E-state index is -0.450. The van der Waals surface area contributed by atoms with Gasteiger partial charge in [-0.1, -0.05) is 43.3 Å². The molecule has 148 valence electrons. The van der Waals surface area contributed by atoms with Crippen LogP contribution in [0.25, 0.3) is 11.0 Å². The molecule has 0 N–H and O–H groups in total. The van der Waals surface area contributed by atoms with Crippen molar-refractivity contribution >= 4 is 16.9 Å². The quantitative estimate of drug-likeness (QED) is 0.675. The molecule has 1 fully saturated rings. The van der Waals surface area contributed by atoms with Crippen molar-refractivity contribution in [1.29, 1.82) is 0 Å². The molecule has 5 rings (SSSR count). The van der Waals surface area contributed by atoms with E-state index >= 15 is 0 Å². The van der Waals surface area contributed by atoms with E-state index in [0.29, 0.717) is 23.1 Å². The van der Waals surface area contributed by atoms with Gasteiger partial charge in [-0.25, -0.2) is 0 Å². The summed E-state index contributed by atoms with van der Waals surface area (Å²) >= 11 is 0. The Morgan fingerprint density at radius 1 is 1.07 bits per heavy atom. The number of carbonyl (C=O) groups excluding carboxylic acids is 1. The molecule has 3 aromatic rings. The number of ether oxygens (including phenoxy) is 1. The third-order valence-corrected chi connectivity index (χ3v) is 6.00. The Balaban J connectivity index is 1.68. The molecular formula is C24H23NO4. The fourth-order valence-electron chi connectivity index (χ4n) is 4.45. The molecule has 2 aliphatic heterocycles. The van der Waals surface area contributed by atoms with Gasteiger partial charge in [-0.05, 0) is 42.5 Å². The summed E-state index contributed by atoms with van der Waals surface area (Å²) in [6.45, 7) is 3.28. The Morgan fingerprint density at radius 2 is 1.86 bits per heavy atom. The molecule has 5 nitrogen and oxygen atoms in total. The molecule has 29 heavy (non-hydrogen) atoms. The number of carbonyl (C=O) groups is 1. The van der Waals surface area contributed by atoms with Crippen LogP contribution in [0.2, 0.25) is 0 Å². The lowest BCUT2D eigenvalue weighted by molar-refractivity contribution is 0.0486. The van der Waals surface area contributed by atoms with E-state index in [1.54, 1.807) is 17.0 Å². The molecule has 3 heterocycles. The first-order valence-corrected chi connectivity index (χ1v) is 10.2. The van der Waals surface area contributed by atoms with Gasteiger partial charge in [-0.15, -0.1) is 0 Å². The number of aryl methyl sites for hydroxylation is 1. The highest BCUT2D eigenvalue weighted by molar-refractivity contribution is 5.99. The second-order valence-corrected chi connectivity index (χ2v) is 7.76. The highest BCUT2D eigenvalue weighted by Gasteiger charge is 2.43. The van der Waals surface area contributed by atoms with E-state index in [9.17, 15) is 9.59 Å². The summed E-state index contributed by atoms with van der Waals surface area (Å²) in [5, 5.41) is 0.508. The third-order valence-electron chi connectivity index (χ3n) is 6.00. The van der Waals surface area contributed by atoms with E-state index in [1.807, 2.05) is 24.3 Å². The van der Waals surface area contributed by atoms with Gasteiger partial charge in [0.15, 0.2) is 5.43 Å². The van der Waals surface area contributed by atoms with Crippen LogP contribution >= 0.6 is 0 Å². The Labute approximate surface area is 168 Å². The molecule has 2 aliphatic rings. The minimum Gasteiger partial charge on any atom is -0.450 e. The number of fused-ring (bicyclic) bond motifs is 2. The maximum Gasteiger partial charge on any atom is 0.291 e. The molecule has 0 unspecified atom stereocenters. The average Bonchev–Trinajstić information content (AvgIpc) is 3.36. The first-order chi connectivity index (χ1) is 14.2. The predicted molar refractivity (Wildman–Crippen MR) is 110 cm³/mol. The monoisotopic (exact) mass is 389 g/mol. The smallest absolute Gasteiger partial charge is 0.291 e. The van der Waals surface area contributed by atoms with Crippen molar-refractivity contribution in [2.45, 2.75) is 38.3 Å². The summed E-state index contributed by atoms with van der Waals surface area (Å²) in [4.78, 5) is 28.5. The van der Waals surface area contributed by atoms with E-state index in [2.05, 4.69) is 19.1 Å². The normalized spacial score (nSPS) is 21.1. The van der Waals surface area contributed by atoms with Gasteiger partial charge in [0.2, 0.25) is 5.76 Å². The molecule has 1 saturated heterocycles. The molecule has 0 spiro atoms. The standard InChI is InChI=1S/C24H23NO4/c1-2-15-9-11-16(12-10-15)21-20-22(26)18-7-3-4-8-19(18)29-23(20)24(27)25(21)14-17-6-5-13-28-17/h3-4,7-12,17,21H,2,5-6,13-14H2,1H3/t17-,21+/m1/s1. The van der Waals surface area contributed by atoms with Gasteiger partial charge in [-0.3, -0.25) is 9.59 Å². The number of rotatable bonds is 4. The van der Waals surface area contributed by atoms with Crippen molar-refractivity contribution < 1.29 is 13.9 Å². The number of hydrogen-bond acceptors (Lipinski definition) is 4. The molecule has 1 amide bonds. The minimum absolute atomic E-state index is 0.00445. The summed E-state index contributed by atoms with van der Waals surface area (Å²) in [5.74, 6) is -0.0702. The summed E-state index contributed by atoms with van der Waals surface area (Å²) < 4.78 is 11.7. The van der Waals surface area contributed by atoms with Gasteiger partial charge in [-0.2, -0.15) is 0 Å². The number of benzene rings is 2. The van der Waals surface area contributed by atoms with Gasteiger partial charge in [0.25, 0.3) is 5.91 Å². The molecule has 2 atom stereocenters. The van der Waals surface area contributed by atoms with Crippen molar-refractivity contribution in [3.8, 4) is 0 Å². The number of amides is 1. The largest absolute Gasteiger partial charge is 0.450 e. The Hall–Kier alpha value is -2.92. The molecule has 0 aliphatic carbocycles. The Bertz CT molecular complexity index is 1130. The zero-order valence-corrected chi connectivity index (χ0v) is 16.4. The van der Waals surface area contributed by atoms with Crippen molar-refractivity contribution in [3.63, 3.8) is 0 Å². The molecule has 2 aromatic carbocycles. The van der Waals surface area contributed by atoms with E-state index in [-0.39, 0.29) is 23.2 Å². The fraction of sp³-hybridized carbons (Fsp3) is 0.333. The van der Waals surface area contributed by atoms with Crippen LogP contribution in [0.5, 0.6) is 0 Å². The molecule has 0 bridgehead atoms. The van der Waals surface area contributed by atoms with Crippen LogP contribution in [0.15, 0.2) is 57.7 Å². The lowest BCUT2D eigenvalue weighted by Gasteiger charge is -2.27. The van der Waals surface area contributed by atoms with Gasteiger partial charge in [0.05, 0.1) is 23.1 Å². The van der Waals surface area contributed by atoms with Crippen LogP contribution in [0, 0.1) is 0 Å². The zero-order valence-electron chi connectivity index (χ0n) is 16.4. The fourth-order valence-corrected chi connectivity index (χ4v) is 4.45. The number of nitrogens with zero attached hydrogens (tertiary/aromatic N) is 1. The van der Waals surface area contributed by atoms with Gasteiger partial charge < -0.3 is 14.1 Å². The van der Waals surface area contributed by atoms with Crippen LogP contribution in [0.3, 0.4) is 0 Å². The summed E-state index contributed by atoms with van der Waals surface area (Å²) in [5.41, 5.74) is 2.90. The van der Waals surface area contributed by atoms with Crippen molar-refractivity contribution in [2.75, 3.05) is 13.2 Å². The van der Waals surface area contributed by atoms with Crippen LogP contribution in [0.4, 0.5) is 0 Å². The van der Waals surface area contributed by atoms with E-state index in [1.165, 1.54) is 5.56 Å². The molecule has 5 heteroatoms. The van der Waals surface area contributed by atoms with Crippen molar-refractivity contribution in [2.24, 2.45) is 0 Å². The van der Waals surface area contributed by atoms with Crippen LogP contribution in [-0.4, -0.2) is 30.1 Å². The SMILES string of the molecule is CCc1ccc([C@H]2c3c(oc4ccccc4c3=O)C(=O)N2C[C@H]2CCCO2)cc1. The van der Waals surface area contributed by atoms with Gasteiger partial charge in [0, 0.05) is 13.2 Å². The molecule has 1 aromatic heterocycles. The molecule has 0 saturated carbocycles. The van der Waals surface area contributed by atoms with Gasteiger partial charge in [0.1, 0.15) is 5.58 Å². The van der Waals surface area contributed by atoms with E-state index in [0.717, 1.165) is 31.4 Å². The maximum absolute atomic E-state index is 13.4. The second-order valence-electron chi connectivity index (χ2n) is 7.76. The molecular weight excluding hydrogens is 366 g/mol. The van der Waals surface area contributed by atoms with Crippen LogP contribution in [-0.2, 0) is 11.2 Å². The van der Waals surface area contributed by atoms with Crippen molar-refractivity contribution in [1.82, 2.24) is 4.90 Å². The van der Waals surface area contributed by atoms with E-state index in [4.69, 9.17) is 9.15 Å². The average molecular weight is 389 g/mol.